The number of rotatable bonds is 2. The summed E-state index contributed by atoms with van der Waals surface area (Å²) in [5.41, 5.74) is 0.456. The first-order valence-corrected chi connectivity index (χ1v) is 6.01. The van der Waals surface area contributed by atoms with E-state index in [-0.39, 0.29) is 11.0 Å². The van der Waals surface area contributed by atoms with E-state index in [0.717, 1.165) is 10.1 Å². The van der Waals surface area contributed by atoms with Gasteiger partial charge in [0.1, 0.15) is 5.82 Å². The number of benzene rings is 1. The van der Waals surface area contributed by atoms with Gasteiger partial charge in [0.25, 0.3) is 5.56 Å². The standard InChI is InChI=1S/C12H10BrFN2O2/c1-7-2-3-9(14)4-8(7)6-16-11(17)10(13)5-15-12(16)18/h2-5H,6H2,1H3,(H,15,18). The number of aromatic nitrogens is 2. The van der Waals surface area contributed by atoms with Gasteiger partial charge in [0.2, 0.25) is 0 Å². The summed E-state index contributed by atoms with van der Waals surface area (Å²) in [6.45, 7) is 1.84. The van der Waals surface area contributed by atoms with Crippen LogP contribution in [0.1, 0.15) is 11.1 Å². The van der Waals surface area contributed by atoms with Crippen molar-refractivity contribution in [2.24, 2.45) is 0 Å². The monoisotopic (exact) mass is 312 g/mol. The number of hydrogen-bond donors (Lipinski definition) is 1. The van der Waals surface area contributed by atoms with Gasteiger partial charge in [-0.1, -0.05) is 6.07 Å². The highest BCUT2D eigenvalue weighted by molar-refractivity contribution is 9.10. The molecule has 6 heteroatoms. The molecule has 0 unspecified atom stereocenters. The Balaban J connectivity index is 2.53. The molecule has 1 aromatic carbocycles. The van der Waals surface area contributed by atoms with Crippen molar-refractivity contribution in [3.05, 3.63) is 66.7 Å². The first kappa shape index (κ1) is 12.8. The fourth-order valence-corrected chi connectivity index (χ4v) is 1.94. The summed E-state index contributed by atoms with van der Waals surface area (Å²) in [6, 6.07) is 4.27. The van der Waals surface area contributed by atoms with Crippen LogP contribution in [0.25, 0.3) is 0 Å². The molecule has 0 saturated carbocycles. The number of aryl methyl sites for hydroxylation is 1. The third-order valence-corrected chi connectivity index (χ3v) is 3.22. The lowest BCUT2D eigenvalue weighted by Crippen LogP contribution is -2.35. The molecule has 94 valence electrons. The molecule has 0 fully saturated rings. The van der Waals surface area contributed by atoms with Gasteiger partial charge in [0.15, 0.2) is 0 Å². The first-order chi connectivity index (χ1) is 8.49. The molecule has 0 aliphatic carbocycles. The van der Waals surface area contributed by atoms with Gasteiger partial charge in [-0.3, -0.25) is 9.36 Å². The number of nitrogens with one attached hydrogen (secondary N) is 1. The first-order valence-electron chi connectivity index (χ1n) is 5.22. The third kappa shape index (κ3) is 2.43. The fraction of sp³-hybridized carbons (Fsp3) is 0.167. The molecule has 0 saturated heterocycles. The van der Waals surface area contributed by atoms with Gasteiger partial charge in [-0.25, -0.2) is 9.18 Å². The van der Waals surface area contributed by atoms with Crippen LogP contribution in [0.3, 0.4) is 0 Å². The lowest BCUT2D eigenvalue weighted by Gasteiger charge is -2.08. The molecule has 2 rings (SSSR count). The quantitative estimate of drug-likeness (QED) is 0.919. The minimum Gasteiger partial charge on any atom is -0.313 e. The predicted molar refractivity (Wildman–Crippen MR) is 69.3 cm³/mol. The molecular weight excluding hydrogens is 303 g/mol. The lowest BCUT2D eigenvalue weighted by atomic mass is 10.1. The maximum absolute atomic E-state index is 13.1. The zero-order valence-corrected chi connectivity index (χ0v) is 11.1. The highest BCUT2D eigenvalue weighted by atomic mass is 79.9. The molecule has 0 aliphatic heterocycles. The Hall–Kier alpha value is -1.69. The molecule has 4 nitrogen and oxygen atoms in total. The summed E-state index contributed by atoms with van der Waals surface area (Å²) in [7, 11) is 0. The van der Waals surface area contributed by atoms with E-state index in [1.54, 1.807) is 13.0 Å². The van der Waals surface area contributed by atoms with Gasteiger partial charge in [-0.05, 0) is 46.1 Å². The van der Waals surface area contributed by atoms with Crippen molar-refractivity contribution < 1.29 is 4.39 Å². The summed E-state index contributed by atoms with van der Waals surface area (Å²) < 4.78 is 14.4. The van der Waals surface area contributed by atoms with Crippen LogP contribution < -0.4 is 11.2 Å². The molecule has 18 heavy (non-hydrogen) atoms. The second-order valence-electron chi connectivity index (χ2n) is 3.90. The SMILES string of the molecule is Cc1ccc(F)cc1Cn1c(=O)[nH]cc(Br)c1=O. The Bertz CT molecular complexity index is 706. The summed E-state index contributed by atoms with van der Waals surface area (Å²) in [4.78, 5) is 25.8. The van der Waals surface area contributed by atoms with Crippen molar-refractivity contribution in [3.63, 3.8) is 0 Å². The van der Waals surface area contributed by atoms with Crippen LogP contribution in [0.4, 0.5) is 4.39 Å². The Morgan fingerprint density at radius 3 is 2.83 bits per heavy atom. The number of aromatic amines is 1. The van der Waals surface area contributed by atoms with E-state index in [0.29, 0.717) is 5.56 Å². The zero-order chi connectivity index (χ0) is 13.3. The van der Waals surface area contributed by atoms with E-state index in [2.05, 4.69) is 20.9 Å². The molecule has 0 radical (unpaired) electrons. The summed E-state index contributed by atoms with van der Waals surface area (Å²) in [5, 5.41) is 0. The Kier molecular flexibility index (Phi) is 3.47. The molecule has 0 spiro atoms. The topological polar surface area (TPSA) is 54.9 Å². The van der Waals surface area contributed by atoms with Crippen LogP contribution in [0.5, 0.6) is 0 Å². The van der Waals surface area contributed by atoms with Gasteiger partial charge in [-0.15, -0.1) is 0 Å². The molecule has 0 bridgehead atoms. The summed E-state index contributed by atoms with van der Waals surface area (Å²) in [6.07, 6.45) is 1.29. The zero-order valence-electron chi connectivity index (χ0n) is 9.54. The smallest absolute Gasteiger partial charge is 0.313 e. The van der Waals surface area contributed by atoms with Gasteiger partial charge in [-0.2, -0.15) is 0 Å². The van der Waals surface area contributed by atoms with Gasteiger partial charge < -0.3 is 4.98 Å². The molecule has 1 N–H and O–H groups in total. The van der Waals surface area contributed by atoms with E-state index >= 15 is 0 Å². The van der Waals surface area contributed by atoms with Gasteiger partial charge >= 0.3 is 5.69 Å². The average molecular weight is 313 g/mol. The molecule has 0 aliphatic rings. The number of nitrogens with zero attached hydrogens (tertiary/aromatic N) is 1. The van der Waals surface area contributed by atoms with Crippen LogP contribution >= 0.6 is 15.9 Å². The molecule has 0 amide bonds. The van der Waals surface area contributed by atoms with Crippen LogP contribution in [0.2, 0.25) is 0 Å². The van der Waals surface area contributed by atoms with E-state index in [1.807, 2.05) is 0 Å². The minimum absolute atomic E-state index is 0.0389. The summed E-state index contributed by atoms with van der Waals surface area (Å²) >= 11 is 3.05. The second-order valence-corrected chi connectivity index (χ2v) is 4.76. The van der Waals surface area contributed by atoms with Crippen molar-refractivity contribution >= 4 is 15.9 Å². The third-order valence-electron chi connectivity index (χ3n) is 2.66. The lowest BCUT2D eigenvalue weighted by molar-refractivity contribution is 0.619. The van der Waals surface area contributed by atoms with Gasteiger partial charge in [0.05, 0.1) is 11.0 Å². The largest absolute Gasteiger partial charge is 0.328 e. The van der Waals surface area contributed by atoms with Crippen molar-refractivity contribution in [1.29, 1.82) is 0 Å². The summed E-state index contributed by atoms with van der Waals surface area (Å²) in [5.74, 6) is -0.393. The maximum Gasteiger partial charge on any atom is 0.328 e. The Morgan fingerprint density at radius 1 is 1.39 bits per heavy atom. The number of hydrogen-bond acceptors (Lipinski definition) is 2. The normalized spacial score (nSPS) is 10.6. The van der Waals surface area contributed by atoms with Crippen molar-refractivity contribution in [2.45, 2.75) is 13.5 Å². The average Bonchev–Trinajstić information content (AvgIpc) is 2.34. The number of halogens is 2. The highest BCUT2D eigenvalue weighted by Crippen LogP contribution is 2.10. The van der Waals surface area contributed by atoms with Crippen LogP contribution in [-0.2, 0) is 6.54 Å². The molecular formula is C12H10BrFN2O2. The number of H-pyrrole nitrogens is 1. The van der Waals surface area contributed by atoms with Crippen LogP contribution in [0, 0.1) is 12.7 Å². The van der Waals surface area contributed by atoms with E-state index in [1.165, 1.54) is 18.3 Å². The Morgan fingerprint density at radius 2 is 2.11 bits per heavy atom. The Labute approximate surface area is 110 Å². The molecule has 1 heterocycles. The molecule has 0 atom stereocenters. The second kappa shape index (κ2) is 4.89. The maximum atomic E-state index is 13.1. The van der Waals surface area contributed by atoms with E-state index in [4.69, 9.17) is 0 Å². The van der Waals surface area contributed by atoms with Gasteiger partial charge in [0, 0.05) is 6.20 Å². The van der Waals surface area contributed by atoms with Crippen molar-refractivity contribution in [3.8, 4) is 0 Å². The van der Waals surface area contributed by atoms with Crippen LogP contribution in [-0.4, -0.2) is 9.55 Å². The minimum atomic E-state index is -0.521. The predicted octanol–water partition coefficient (Wildman–Crippen LogP) is 1.79. The van der Waals surface area contributed by atoms with E-state index in [9.17, 15) is 14.0 Å². The fourth-order valence-electron chi connectivity index (χ4n) is 1.61. The molecule has 2 aromatic rings. The van der Waals surface area contributed by atoms with Crippen molar-refractivity contribution in [2.75, 3.05) is 0 Å². The molecule has 1 aromatic heterocycles. The van der Waals surface area contributed by atoms with Crippen LogP contribution in [0.15, 0.2) is 38.5 Å². The van der Waals surface area contributed by atoms with E-state index < -0.39 is 17.1 Å². The van der Waals surface area contributed by atoms with Crippen molar-refractivity contribution in [1.82, 2.24) is 9.55 Å². The highest BCUT2D eigenvalue weighted by Gasteiger charge is 2.08.